The number of amides is 1. The number of rotatable bonds is 5. The number of aromatic amines is 1. The molecule has 3 aromatic rings. The van der Waals surface area contributed by atoms with Gasteiger partial charge in [-0.2, -0.15) is 5.10 Å². The molecule has 0 spiro atoms. The van der Waals surface area contributed by atoms with E-state index in [2.05, 4.69) is 44.5 Å². The van der Waals surface area contributed by atoms with E-state index in [-0.39, 0.29) is 5.41 Å². The molecule has 1 aromatic carbocycles. The first-order chi connectivity index (χ1) is 13.5. The van der Waals surface area contributed by atoms with Gasteiger partial charge in [-0.1, -0.05) is 37.3 Å². The molecule has 1 aliphatic heterocycles. The number of carbonyl (C=O) groups is 1. The highest BCUT2D eigenvalue weighted by atomic mass is 16.4. The molecule has 1 saturated heterocycles. The van der Waals surface area contributed by atoms with Crippen molar-refractivity contribution >= 4 is 23.1 Å². The molecule has 1 fully saturated rings. The fourth-order valence-corrected chi connectivity index (χ4v) is 3.65. The highest BCUT2D eigenvalue weighted by molar-refractivity contribution is 5.74. The van der Waals surface area contributed by atoms with Crippen LogP contribution in [0, 0.1) is 5.41 Å². The maximum atomic E-state index is 10.8. The quantitative estimate of drug-likeness (QED) is 0.628. The first kappa shape index (κ1) is 18.2. The molecule has 0 aliphatic carbocycles. The van der Waals surface area contributed by atoms with E-state index in [0.717, 1.165) is 49.4 Å². The van der Waals surface area contributed by atoms with Gasteiger partial charge in [-0.3, -0.25) is 5.10 Å². The third-order valence-electron chi connectivity index (χ3n) is 5.51. The van der Waals surface area contributed by atoms with Crippen molar-refractivity contribution < 1.29 is 9.90 Å². The Bertz CT molecular complexity index is 963. The number of benzene rings is 1. The Kier molecular flexibility index (Phi) is 4.85. The standard InChI is InChI=1S/C20H24N6O2/c1-20(13-22-19(27)28)7-9-26(10-8-20)16-12-21-17-15(24-25-18(17)23-16)11-14-5-3-2-4-6-14/h2-6,12,22H,7-11,13H2,1H3,(H,27,28)(H,23,24,25). The first-order valence-electron chi connectivity index (χ1n) is 9.48. The molecule has 0 bridgehead atoms. The van der Waals surface area contributed by atoms with Gasteiger partial charge in [0.1, 0.15) is 11.3 Å². The van der Waals surface area contributed by atoms with Gasteiger partial charge in [0.05, 0.1) is 11.9 Å². The highest BCUT2D eigenvalue weighted by Crippen LogP contribution is 2.32. The second-order valence-electron chi connectivity index (χ2n) is 7.72. The summed E-state index contributed by atoms with van der Waals surface area (Å²) >= 11 is 0. The molecule has 0 unspecified atom stereocenters. The number of carboxylic acid groups (broad SMARTS) is 1. The average Bonchev–Trinajstić information content (AvgIpc) is 3.10. The molecule has 8 nitrogen and oxygen atoms in total. The second kappa shape index (κ2) is 7.46. The zero-order valence-electron chi connectivity index (χ0n) is 15.9. The van der Waals surface area contributed by atoms with Crippen LogP contribution in [0.3, 0.4) is 0 Å². The molecule has 0 saturated carbocycles. The molecule has 0 atom stereocenters. The van der Waals surface area contributed by atoms with Crippen molar-refractivity contribution in [3.8, 4) is 0 Å². The third-order valence-corrected chi connectivity index (χ3v) is 5.51. The normalized spacial score (nSPS) is 16.2. The number of nitrogens with zero attached hydrogens (tertiary/aromatic N) is 4. The van der Waals surface area contributed by atoms with Crippen LogP contribution in [-0.4, -0.2) is 51.0 Å². The van der Waals surface area contributed by atoms with Gasteiger partial charge in [-0.05, 0) is 23.8 Å². The van der Waals surface area contributed by atoms with Crippen molar-refractivity contribution in [3.63, 3.8) is 0 Å². The summed E-state index contributed by atoms with van der Waals surface area (Å²) < 4.78 is 0. The van der Waals surface area contributed by atoms with Crippen molar-refractivity contribution in [2.45, 2.75) is 26.2 Å². The van der Waals surface area contributed by atoms with Crippen LogP contribution >= 0.6 is 0 Å². The van der Waals surface area contributed by atoms with E-state index in [4.69, 9.17) is 10.1 Å². The molecule has 146 valence electrons. The van der Waals surface area contributed by atoms with Crippen LogP contribution in [-0.2, 0) is 6.42 Å². The van der Waals surface area contributed by atoms with Crippen LogP contribution in [0.15, 0.2) is 36.5 Å². The Morgan fingerprint density at radius 2 is 2.04 bits per heavy atom. The van der Waals surface area contributed by atoms with Crippen LogP contribution < -0.4 is 10.2 Å². The fourth-order valence-electron chi connectivity index (χ4n) is 3.65. The van der Waals surface area contributed by atoms with Crippen molar-refractivity contribution in [1.29, 1.82) is 0 Å². The lowest BCUT2D eigenvalue weighted by Gasteiger charge is -2.39. The number of hydrogen-bond acceptors (Lipinski definition) is 5. The van der Waals surface area contributed by atoms with Gasteiger partial charge in [-0.15, -0.1) is 0 Å². The zero-order chi connectivity index (χ0) is 19.6. The largest absolute Gasteiger partial charge is 0.465 e. The molecule has 4 rings (SSSR count). The molecule has 1 aliphatic rings. The molecule has 3 heterocycles. The molecule has 0 radical (unpaired) electrons. The summed E-state index contributed by atoms with van der Waals surface area (Å²) in [6.45, 7) is 4.24. The SMILES string of the molecule is CC1(CNC(=O)O)CCN(c2cnc3c(Cc4ccccc4)[nH]nc3n2)CC1. The number of piperidine rings is 1. The number of hydrogen-bond donors (Lipinski definition) is 3. The van der Waals surface area contributed by atoms with Gasteiger partial charge >= 0.3 is 6.09 Å². The number of fused-ring (bicyclic) bond motifs is 1. The average molecular weight is 380 g/mol. The maximum Gasteiger partial charge on any atom is 0.404 e. The summed E-state index contributed by atoms with van der Waals surface area (Å²) in [5, 5.41) is 18.8. The van der Waals surface area contributed by atoms with Crippen LogP contribution in [0.25, 0.3) is 11.2 Å². The number of aromatic nitrogens is 4. The second-order valence-corrected chi connectivity index (χ2v) is 7.72. The topological polar surface area (TPSA) is 107 Å². The van der Waals surface area contributed by atoms with Crippen LogP contribution in [0.2, 0.25) is 0 Å². The highest BCUT2D eigenvalue weighted by Gasteiger charge is 2.31. The maximum absolute atomic E-state index is 10.8. The van der Waals surface area contributed by atoms with E-state index in [0.29, 0.717) is 12.2 Å². The number of nitrogens with one attached hydrogen (secondary N) is 2. The predicted octanol–water partition coefficient (Wildman–Crippen LogP) is 2.82. The van der Waals surface area contributed by atoms with E-state index in [1.165, 1.54) is 5.56 Å². The minimum absolute atomic E-state index is 0.0262. The monoisotopic (exact) mass is 380 g/mol. The summed E-state index contributed by atoms with van der Waals surface area (Å²) in [5.41, 5.74) is 3.57. The molecule has 3 N–H and O–H groups in total. The lowest BCUT2D eigenvalue weighted by Crippen LogP contribution is -2.44. The Labute approximate surface area is 163 Å². The molecular formula is C20H24N6O2. The summed E-state index contributed by atoms with van der Waals surface area (Å²) in [7, 11) is 0. The van der Waals surface area contributed by atoms with E-state index in [9.17, 15) is 4.79 Å². The van der Waals surface area contributed by atoms with Gasteiger partial charge < -0.3 is 15.3 Å². The van der Waals surface area contributed by atoms with Crippen molar-refractivity contribution in [2.24, 2.45) is 5.41 Å². The first-order valence-corrected chi connectivity index (χ1v) is 9.48. The molecule has 8 heteroatoms. The van der Waals surface area contributed by atoms with Gasteiger partial charge in [0.25, 0.3) is 0 Å². The van der Waals surface area contributed by atoms with E-state index >= 15 is 0 Å². The Hall–Kier alpha value is -3.16. The zero-order valence-corrected chi connectivity index (χ0v) is 15.9. The molecule has 28 heavy (non-hydrogen) atoms. The fraction of sp³-hybridized carbons (Fsp3) is 0.400. The van der Waals surface area contributed by atoms with Gasteiger partial charge in [0, 0.05) is 26.1 Å². The smallest absolute Gasteiger partial charge is 0.404 e. The van der Waals surface area contributed by atoms with Crippen LogP contribution in [0.1, 0.15) is 31.0 Å². The molecule has 2 aromatic heterocycles. The number of anilines is 1. The molecule has 1 amide bonds. The lowest BCUT2D eigenvalue weighted by molar-refractivity contribution is 0.178. The summed E-state index contributed by atoms with van der Waals surface area (Å²) in [6, 6.07) is 10.2. The van der Waals surface area contributed by atoms with E-state index in [1.54, 1.807) is 0 Å². The lowest BCUT2D eigenvalue weighted by atomic mass is 9.80. The Morgan fingerprint density at radius 1 is 1.29 bits per heavy atom. The Morgan fingerprint density at radius 3 is 2.75 bits per heavy atom. The van der Waals surface area contributed by atoms with E-state index in [1.807, 2.05) is 24.4 Å². The number of H-pyrrole nitrogens is 1. The van der Waals surface area contributed by atoms with Crippen LogP contribution in [0.4, 0.5) is 10.6 Å². The minimum Gasteiger partial charge on any atom is -0.465 e. The van der Waals surface area contributed by atoms with E-state index < -0.39 is 6.09 Å². The summed E-state index contributed by atoms with van der Waals surface area (Å²) in [5.74, 6) is 0.818. The van der Waals surface area contributed by atoms with Gasteiger partial charge in [0.15, 0.2) is 0 Å². The Balaban J connectivity index is 1.45. The van der Waals surface area contributed by atoms with Crippen molar-refractivity contribution in [2.75, 3.05) is 24.5 Å². The van der Waals surface area contributed by atoms with Crippen LogP contribution in [0.5, 0.6) is 0 Å². The van der Waals surface area contributed by atoms with Crippen molar-refractivity contribution in [1.82, 2.24) is 25.5 Å². The van der Waals surface area contributed by atoms with Crippen molar-refractivity contribution in [3.05, 3.63) is 47.8 Å². The summed E-state index contributed by atoms with van der Waals surface area (Å²) in [6.07, 6.45) is 3.37. The van der Waals surface area contributed by atoms with Gasteiger partial charge in [-0.25, -0.2) is 14.8 Å². The molecular weight excluding hydrogens is 356 g/mol. The third kappa shape index (κ3) is 3.90. The predicted molar refractivity (Wildman–Crippen MR) is 107 cm³/mol. The summed E-state index contributed by atoms with van der Waals surface area (Å²) in [4.78, 5) is 22.3. The van der Waals surface area contributed by atoms with Gasteiger partial charge in [0.2, 0.25) is 5.65 Å². The minimum atomic E-state index is -0.968.